The van der Waals surface area contributed by atoms with Gasteiger partial charge in [-0.05, 0) is 31.0 Å². The summed E-state index contributed by atoms with van der Waals surface area (Å²) in [4.78, 5) is 4.51. The summed E-state index contributed by atoms with van der Waals surface area (Å²) in [6, 6.07) is 7.92. The van der Waals surface area contributed by atoms with Crippen LogP contribution in [0.5, 0.6) is 5.75 Å². The number of benzene rings is 1. The molecule has 0 saturated heterocycles. The Kier molecular flexibility index (Phi) is 12.0. The fraction of sp³-hybridized carbons (Fsp3) is 0.353. The molecule has 22 heavy (non-hydrogen) atoms. The Morgan fingerprint density at radius 3 is 2.68 bits per heavy atom. The molecular formula is C17H24IN3O. The van der Waals surface area contributed by atoms with Gasteiger partial charge in [0.05, 0.1) is 0 Å². The van der Waals surface area contributed by atoms with Gasteiger partial charge in [0.2, 0.25) is 0 Å². The first kappa shape index (κ1) is 20.3. The summed E-state index contributed by atoms with van der Waals surface area (Å²) in [5.41, 5.74) is 1.21. The van der Waals surface area contributed by atoms with Crippen LogP contribution in [0.15, 0.2) is 41.9 Å². The highest BCUT2D eigenvalue weighted by Crippen LogP contribution is 2.12. The van der Waals surface area contributed by atoms with Crippen molar-refractivity contribution in [1.82, 2.24) is 10.6 Å². The highest BCUT2D eigenvalue weighted by molar-refractivity contribution is 14.0. The zero-order valence-electron chi connectivity index (χ0n) is 13.0. The summed E-state index contributed by atoms with van der Waals surface area (Å²) in [5.74, 6) is 4.05. The van der Waals surface area contributed by atoms with Gasteiger partial charge in [0, 0.05) is 19.6 Å². The summed E-state index contributed by atoms with van der Waals surface area (Å²) < 4.78 is 5.34. The Balaban J connectivity index is 0.00000441. The first-order valence-corrected chi connectivity index (χ1v) is 7.08. The molecule has 0 amide bonds. The molecule has 0 bridgehead atoms. The van der Waals surface area contributed by atoms with Crippen molar-refractivity contribution in [2.24, 2.45) is 4.99 Å². The molecule has 2 N–H and O–H groups in total. The van der Waals surface area contributed by atoms with E-state index in [4.69, 9.17) is 11.2 Å². The van der Waals surface area contributed by atoms with E-state index in [1.54, 1.807) is 0 Å². The van der Waals surface area contributed by atoms with Crippen molar-refractivity contribution in [1.29, 1.82) is 0 Å². The smallest absolute Gasteiger partial charge is 0.191 e. The third-order valence-corrected chi connectivity index (χ3v) is 2.67. The fourth-order valence-corrected chi connectivity index (χ4v) is 1.68. The Hall–Kier alpha value is -1.68. The molecule has 0 spiro atoms. The van der Waals surface area contributed by atoms with Gasteiger partial charge < -0.3 is 15.4 Å². The van der Waals surface area contributed by atoms with E-state index in [9.17, 15) is 0 Å². The lowest BCUT2D eigenvalue weighted by Crippen LogP contribution is -2.37. The minimum atomic E-state index is 0. The van der Waals surface area contributed by atoms with Crippen molar-refractivity contribution in [3.05, 3.63) is 42.5 Å². The summed E-state index contributed by atoms with van der Waals surface area (Å²) in [5, 5.41) is 6.36. The van der Waals surface area contributed by atoms with Gasteiger partial charge in [-0.25, -0.2) is 0 Å². The van der Waals surface area contributed by atoms with Crippen molar-refractivity contribution in [2.45, 2.75) is 13.3 Å². The van der Waals surface area contributed by atoms with Gasteiger partial charge in [0.15, 0.2) is 5.96 Å². The van der Waals surface area contributed by atoms with Gasteiger partial charge in [0.25, 0.3) is 0 Å². The van der Waals surface area contributed by atoms with Gasteiger partial charge in [-0.2, -0.15) is 0 Å². The van der Waals surface area contributed by atoms with Crippen LogP contribution in [0.25, 0.3) is 0 Å². The number of nitrogens with zero attached hydrogens (tertiary/aromatic N) is 1. The minimum Gasteiger partial charge on any atom is -0.481 e. The van der Waals surface area contributed by atoms with E-state index >= 15 is 0 Å². The van der Waals surface area contributed by atoms with E-state index in [0.717, 1.165) is 31.2 Å². The van der Waals surface area contributed by atoms with Crippen LogP contribution in [-0.4, -0.2) is 32.2 Å². The minimum absolute atomic E-state index is 0. The maximum atomic E-state index is 5.34. The number of ether oxygens (including phenoxy) is 1. The Morgan fingerprint density at radius 1 is 1.36 bits per heavy atom. The lowest BCUT2D eigenvalue weighted by atomic mass is 10.1. The monoisotopic (exact) mass is 413 g/mol. The average Bonchev–Trinajstić information content (AvgIpc) is 2.52. The largest absolute Gasteiger partial charge is 0.481 e. The molecule has 1 rings (SSSR count). The molecule has 0 aliphatic carbocycles. The molecule has 0 unspecified atom stereocenters. The van der Waals surface area contributed by atoms with Crippen LogP contribution in [0.2, 0.25) is 0 Å². The topological polar surface area (TPSA) is 45.6 Å². The van der Waals surface area contributed by atoms with Crippen LogP contribution < -0.4 is 15.4 Å². The maximum Gasteiger partial charge on any atom is 0.191 e. The molecule has 0 fully saturated rings. The number of hydrogen-bond donors (Lipinski definition) is 2. The quantitative estimate of drug-likeness (QED) is 0.227. The molecule has 0 atom stereocenters. The molecule has 0 saturated carbocycles. The number of halogens is 1. The van der Waals surface area contributed by atoms with Crippen LogP contribution in [-0.2, 0) is 6.42 Å². The fourth-order valence-electron chi connectivity index (χ4n) is 1.68. The van der Waals surface area contributed by atoms with E-state index in [-0.39, 0.29) is 24.0 Å². The van der Waals surface area contributed by atoms with Crippen molar-refractivity contribution in [2.75, 3.05) is 26.2 Å². The third kappa shape index (κ3) is 8.57. The Morgan fingerprint density at radius 2 is 2.09 bits per heavy atom. The van der Waals surface area contributed by atoms with Crippen LogP contribution in [0.4, 0.5) is 0 Å². The van der Waals surface area contributed by atoms with Crippen LogP contribution in [0.3, 0.4) is 0 Å². The van der Waals surface area contributed by atoms with Gasteiger partial charge in [0.1, 0.15) is 12.4 Å². The highest BCUT2D eigenvalue weighted by atomic mass is 127. The molecular weight excluding hydrogens is 389 g/mol. The zero-order chi connectivity index (χ0) is 15.3. The number of terminal acetylenes is 1. The zero-order valence-corrected chi connectivity index (χ0v) is 15.3. The predicted octanol–water partition coefficient (Wildman–Crippen LogP) is 2.60. The molecule has 0 heterocycles. The lowest BCUT2D eigenvalue weighted by molar-refractivity contribution is 0.370. The summed E-state index contributed by atoms with van der Waals surface area (Å²) in [6.07, 6.45) is 7.83. The Labute approximate surface area is 150 Å². The second-order valence-electron chi connectivity index (χ2n) is 4.32. The van der Waals surface area contributed by atoms with Gasteiger partial charge in [-0.1, -0.05) is 24.1 Å². The first-order chi connectivity index (χ1) is 10.3. The Bertz CT molecular complexity index is 492. The number of hydrogen-bond acceptors (Lipinski definition) is 2. The maximum absolute atomic E-state index is 5.34. The lowest BCUT2D eigenvalue weighted by Gasteiger charge is -2.09. The molecule has 0 aromatic heterocycles. The SMILES string of the molecule is C#CCOc1ccc(CCN=C(NCC)NCC=C)cc1.I. The van der Waals surface area contributed by atoms with E-state index in [0.29, 0.717) is 13.2 Å². The number of rotatable bonds is 8. The number of aliphatic imine (C=N–C) groups is 1. The summed E-state index contributed by atoms with van der Waals surface area (Å²) >= 11 is 0. The molecule has 1 aromatic carbocycles. The molecule has 0 aliphatic rings. The van der Waals surface area contributed by atoms with E-state index < -0.39 is 0 Å². The molecule has 5 heteroatoms. The third-order valence-electron chi connectivity index (χ3n) is 2.67. The summed E-state index contributed by atoms with van der Waals surface area (Å²) in [7, 11) is 0. The molecule has 0 aliphatic heterocycles. The van der Waals surface area contributed by atoms with Gasteiger partial charge >= 0.3 is 0 Å². The van der Waals surface area contributed by atoms with E-state index in [1.165, 1.54) is 5.56 Å². The number of nitrogens with one attached hydrogen (secondary N) is 2. The summed E-state index contributed by atoms with van der Waals surface area (Å²) in [6.45, 7) is 8.28. The second kappa shape index (κ2) is 13.0. The number of guanidine groups is 1. The standard InChI is InChI=1S/C17H23N3O.HI/c1-4-12-19-17(18-6-3)20-13-11-15-7-9-16(10-8-15)21-14-5-2;/h2,4,7-10H,1,6,11-14H2,3H3,(H2,18,19,20);1H. The van der Waals surface area contributed by atoms with Gasteiger partial charge in [-0.15, -0.1) is 37.0 Å². The molecule has 120 valence electrons. The average molecular weight is 413 g/mol. The van der Waals surface area contributed by atoms with Crippen molar-refractivity contribution < 1.29 is 4.74 Å². The van der Waals surface area contributed by atoms with Crippen molar-refractivity contribution in [3.8, 4) is 18.1 Å². The normalized spacial score (nSPS) is 10.1. The van der Waals surface area contributed by atoms with Crippen LogP contribution >= 0.6 is 24.0 Å². The molecule has 1 aromatic rings. The highest BCUT2D eigenvalue weighted by Gasteiger charge is 1.97. The first-order valence-electron chi connectivity index (χ1n) is 7.08. The van der Waals surface area contributed by atoms with Crippen LogP contribution in [0.1, 0.15) is 12.5 Å². The molecule has 4 nitrogen and oxygen atoms in total. The second-order valence-corrected chi connectivity index (χ2v) is 4.32. The van der Waals surface area contributed by atoms with E-state index in [2.05, 4.69) is 28.1 Å². The van der Waals surface area contributed by atoms with Gasteiger partial charge in [-0.3, -0.25) is 4.99 Å². The van der Waals surface area contributed by atoms with Crippen molar-refractivity contribution in [3.63, 3.8) is 0 Å². The molecule has 0 radical (unpaired) electrons. The van der Waals surface area contributed by atoms with E-state index in [1.807, 2.05) is 37.3 Å². The van der Waals surface area contributed by atoms with Crippen LogP contribution in [0, 0.1) is 12.3 Å². The predicted molar refractivity (Wildman–Crippen MR) is 104 cm³/mol. The van der Waals surface area contributed by atoms with Crippen molar-refractivity contribution >= 4 is 29.9 Å².